The van der Waals surface area contributed by atoms with Gasteiger partial charge in [0.1, 0.15) is 11.4 Å². The van der Waals surface area contributed by atoms with E-state index >= 15 is 0 Å². The predicted octanol–water partition coefficient (Wildman–Crippen LogP) is 5.08. The number of aromatic hydroxyl groups is 1. The summed E-state index contributed by atoms with van der Waals surface area (Å²) in [5.74, 6) is 0.801. The Hall–Kier alpha value is -0.890. The van der Waals surface area contributed by atoms with Crippen molar-refractivity contribution in [3.05, 3.63) is 22.2 Å². The standard InChI is InChI=1S/C10H8Cl2N4OS2/c1-2-18-10-13-9(19-16-10)15-14-7-3-6(12)8(17)4-5(7)11/h3-4,17H,2H2,1H3/b15-14+. The van der Waals surface area contributed by atoms with Crippen molar-refractivity contribution < 1.29 is 5.11 Å². The minimum absolute atomic E-state index is 0.0943. The van der Waals surface area contributed by atoms with E-state index in [2.05, 4.69) is 19.6 Å². The van der Waals surface area contributed by atoms with Crippen molar-refractivity contribution in [3.8, 4) is 5.75 Å². The lowest BCUT2D eigenvalue weighted by molar-refractivity contribution is 0.475. The quantitative estimate of drug-likeness (QED) is 0.625. The number of azo groups is 1. The Morgan fingerprint density at radius 3 is 2.84 bits per heavy atom. The Morgan fingerprint density at radius 1 is 1.32 bits per heavy atom. The zero-order valence-electron chi connectivity index (χ0n) is 9.67. The molecule has 0 amide bonds. The lowest BCUT2D eigenvalue weighted by atomic mass is 10.3. The average Bonchev–Trinajstić information content (AvgIpc) is 2.80. The number of nitrogens with zero attached hydrogens (tertiary/aromatic N) is 4. The fraction of sp³-hybridized carbons (Fsp3) is 0.200. The van der Waals surface area contributed by atoms with Gasteiger partial charge in [-0.15, -0.1) is 10.2 Å². The summed E-state index contributed by atoms with van der Waals surface area (Å²) < 4.78 is 4.11. The summed E-state index contributed by atoms with van der Waals surface area (Å²) in [6, 6.07) is 2.75. The van der Waals surface area contributed by atoms with Crippen LogP contribution in [0.15, 0.2) is 27.5 Å². The van der Waals surface area contributed by atoms with Gasteiger partial charge in [-0.25, -0.2) is 0 Å². The fourth-order valence-corrected chi connectivity index (χ4v) is 2.68. The SMILES string of the molecule is CCSc1nsc(/N=N/c2cc(Cl)c(O)cc2Cl)n1. The highest BCUT2D eigenvalue weighted by atomic mass is 35.5. The second kappa shape index (κ2) is 6.51. The van der Waals surface area contributed by atoms with Gasteiger partial charge >= 0.3 is 0 Å². The van der Waals surface area contributed by atoms with Crippen LogP contribution < -0.4 is 0 Å². The number of hydrogen-bond acceptors (Lipinski definition) is 7. The number of hydrogen-bond donors (Lipinski definition) is 1. The second-order valence-electron chi connectivity index (χ2n) is 3.25. The smallest absolute Gasteiger partial charge is 0.250 e. The molecule has 0 fully saturated rings. The molecule has 0 aliphatic heterocycles. The van der Waals surface area contributed by atoms with Crippen molar-refractivity contribution in [2.24, 2.45) is 10.2 Å². The molecule has 0 aliphatic rings. The molecule has 19 heavy (non-hydrogen) atoms. The summed E-state index contributed by atoms with van der Waals surface area (Å²) in [4.78, 5) is 4.17. The number of benzene rings is 1. The maximum atomic E-state index is 9.36. The Morgan fingerprint density at radius 2 is 2.11 bits per heavy atom. The third-order valence-electron chi connectivity index (χ3n) is 1.93. The first-order valence-electron chi connectivity index (χ1n) is 5.16. The maximum Gasteiger partial charge on any atom is 0.250 e. The van der Waals surface area contributed by atoms with Gasteiger partial charge in [-0.1, -0.05) is 41.9 Å². The van der Waals surface area contributed by atoms with Crippen molar-refractivity contribution >= 4 is 57.3 Å². The third-order valence-corrected chi connectivity index (χ3v) is 3.98. The molecule has 0 bridgehead atoms. The molecule has 5 nitrogen and oxygen atoms in total. The monoisotopic (exact) mass is 334 g/mol. The van der Waals surface area contributed by atoms with E-state index in [1.165, 1.54) is 23.9 Å². The zero-order valence-corrected chi connectivity index (χ0v) is 12.8. The van der Waals surface area contributed by atoms with Crippen molar-refractivity contribution in [2.45, 2.75) is 12.1 Å². The molecule has 0 saturated heterocycles. The second-order valence-corrected chi connectivity index (χ2v) is 6.02. The average molecular weight is 335 g/mol. The molecule has 0 unspecified atom stereocenters. The molecule has 1 aromatic heterocycles. The van der Waals surface area contributed by atoms with E-state index < -0.39 is 0 Å². The minimum atomic E-state index is -0.0943. The molecule has 2 rings (SSSR count). The summed E-state index contributed by atoms with van der Waals surface area (Å²) in [6.45, 7) is 2.02. The van der Waals surface area contributed by atoms with E-state index in [0.717, 1.165) is 17.3 Å². The first kappa shape index (κ1) is 14.5. The maximum absolute atomic E-state index is 9.36. The zero-order chi connectivity index (χ0) is 13.8. The lowest BCUT2D eigenvalue weighted by Gasteiger charge is -1.99. The summed E-state index contributed by atoms with van der Waals surface area (Å²) in [6.07, 6.45) is 0. The van der Waals surface area contributed by atoms with Gasteiger partial charge in [0.05, 0.1) is 10.0 Å². The predicted molar refractivity (Wildman–Crippen MR) is 78.6 cm³/mol. The number of phenols is 1. The minimum Gasteiger partial charge on any atom is -0.506 e. The van der Waals surface area contributed by atoms with Crippen molar-refractivity contribution in [1.29, 1.82) is 0 Å². The highest BCUT2D eigenvalue weighted by Gasteiger charge is 2.07. The molecule has 0 saturated carbocycles. The first-order valence-corrected chi connectivity index (χ1v) is 7.68. The summed E-state index contributed by atoms with van der Waals surface area (Å²) in [5, 5.41) is 18.8. The van der Waals surface area contributed by atoms with Crippen LogP contribution in [0.5, 0.6) is 5.75 Å². The molecule has 100 valence electrons. The van der Waals surface area contributed by atoms with Gasteiger partial charge in [-0.2, -0.15) is 9.36 Å². The molecule has 1 heterocycles. The van der Waals surface area contributed by atoms with Gasteiger partial charge in [0, 0.05) is 17.6 Å². The van der Waals surface area contributed by atoms with E-state index in [1.807, 2.05) is 6.92 Å². The first-order chi connectivity index (χ1) is 9.10. The van der Waals surface area contributed by atoms with Crippen LogP contribution in [0.25, 0.3) is 0 Å². The van der Waals surface area contributed by atoms with Crippen molar-refractivity contribution in [1.82, 2.24) is 9.36 Å². The molecule has 1 N–H and O–H groups in total. The van der Waals surface area contributed by atoms with E-state index in [-0.39, 0.29) is 15.8 Å². The number of halogens is 2. The van der Waals surface area contributed by atoms with Gasteiger partial charge in [-0.05, 0) is 11.8 Å². The largest absolute Gasteiger partial charge is 0.506 e. The van der Waals surface area contributed by atoms with Crippen molar-refractivity contribution in [2.75, 3.05) is 5.75 Å². The summed E-state index contributed by atoms with van der Waals surface area (Å²) in [7, 11) is 0. The van der Waals surface area contributed by atoms with Crippen molar-refractivity contribution in [3.63, 3.8) is 0 Å². The summed E-state index contributed by atoms with van der Waals surface area (Å²) in [5.41, 5.74) is 0.365. The Kier molecular flexibility index (Phi) is 4.98. The van der Waals surface area contributed by atoms with Gasteiger partial charge in [0.25, 0.3) is 0 Å². The third kappa shape index (κ3) is 3.79. The van der Waals surface area contributed by atoms with E-state index in [0.29, 0.717) is 16.0 Å². The highest BCUT2D eigenvalue weighted by Crippen LogP contribution is 2.36. The van der Waals surface area contributed by atoms with Crippen LogP contribution >= 0.6 is 46.5 Å². The fourth-order valence-electron chi connectivity index (χ4n) is 1.13. The van der Waals surface area contributed by atoms with Gasteiger partial charge in [-0.3, -0.25) is 0 Å². The van der Waals surface area contributed by atoms with E-state index in [9.17, 15) is 5.11 Å². The molecule has 1 aromatic carbocycles. The number of rotatable bonds is 4. The number of phenolic OH excluding ortho intramolecular Hbond substituents is 1. The molecule has 0 atom stereocenters. The van der Waals surface area contributed by atoms with Gasteiger partial charge < -0.3 is 5.11 Å². The van der Waals surface area contributed by atoms with Crippen LogP contribution in [0.4, 0.5) is 10.8 Å². The lowest BCUT2D eigenvalue weighted by Crippen LogP contribution is -1.73. The van der Waals surface area contributed by atoms with Gasteiger partial charge in [0.15, 0.2) is 0 Å². The molecule has 0 spiro atoms. The highest BCUT2D eigenvalue weighted by molar-refractivity contribution is 7.99. The summed E-state index contributed by atoms with van der Waals surface area (Å²) >= 11 is 14.4. The number of aromatic nitrogens is 2. The number of thioether (sulfide) groups is 1. The van der Waals surface area contributed by atoms with E-state index in [4.69, 9.17) is 23.2 Å². The van der Waals surface area contributed by atoms with Crippen LogP contribution in [-0.4, -0.2) is 20.2 Å². The molecular formula is C10H8Cl2N4OS2. The molecular weight excluding hydrogens is 327 g/mol. The Labute approximate surface area is 127 Å². The van der Waals surface area contributed by atoms with Crippen LogP contribution in [0.1, 0.15) is 6.92 Å². The molecule has 2 aromatic rings. The van der Waals surface area contributed by atoms with Crippen LogP contribution in [0, 0.1) is 0 Å². The van der Waals surface area contributed by atoms with Crippen LogP contribution in [0.3, 0.4) is 0 Å². The van der Waals surface area contributed by atoms with Crippen LogP contribution in [0.2, 0.25) is 10.0 Å². The Balaban J connectivity index is 2.19. The normalized spacial score (nSPS) is 11.3. The molecule has 0 aliphatic carbocycles. The Bertz CT molecular complexity index is 618. The topological polar surface area (TPSA) is 70.7 Å². The molecule has 0 radical (unpaired) electrons. The van der Waals surface area contributed by atoms with Crippen LogP contribution in [-0.2, 0) is 0 Å². The van der Waals surface area contributed by atoms with E-state index in [1.54, 1.807) is 0 Å². The van der Waals surface area contributed by atoms with Gasteiger partial charge in [0.2, 0.25) is 10.3 Å². The molecule has 9 heteroatoms.